The van der Waals surface area contributed by atoms with Crippen molar-refractivity contribution >= 4 is 33.2 Å². The molecule has 194 valence electrons. The van der Waals surface area contributed by atoms with Crippen LogP contribution >= 0.6 is 0 Å². The van der Waals surface area contributed by atoms with Gasteiger partial charge in [-0.2, -0.15) is 0 Å². The second kappa shape index (κ2) is 11.5. The minimum atomic E-state index is -3.97. The topological polar surface area (TPSA) is 130 Å². The Balaban J connectivity index is 1.90. The Hall–Kier alpha value is -3.47. The number of nitrogens with one attached hydrogen (secondary N) is 1. The van der Waals surface area contributed by atoms with E-state index in [0.29, 0.717) is 0 Å². The molecule has 0 aliphatic heterocycles. The van der Waals surface area contributed by atoms with Crippen LogP contribution in [0.2, 0.25) is 0 Å². The van der Waals surface area contributed by atoms with Crippen LogP contribution in [0.25, 0.3) is 0 Å². The molecule has 10 nitrogen and oxygen atoms in total. The number of carbonyl (C=O) groups is 2. The van der Waals surface area contributed by atoms with E-state index in [2.05, 4.69) is 5.32 Å². The predicted molar refractivity (Wildman–Crippen MR) is 137 cm³/mol. The third kappa shape index (κ3) is 7.03. The molecule has 1 saturated carbocycles. The molecule has 1 fully saturated rings. The molecule has 0 saturated heterocycles. The molecule has 1 aliphatic carbocycles. The number of hydrogen-bond donors (Lipinski definition) is 1. The van der Waals surface area contributed by atoms with Crippen LogP contribution < -0.4 is 9.62 Å². The lowest BCUT2D eigenvalue weighted by atomic mass is 10.1. The fourth-order valence-electron chi connectivity index (χ4n) is 4.36. The number of amides is 2. The van der Waals surface area contributed by atoms with Crippen LogP contribution in [-0.2, 0) is 26.2 Å². The number of anilines is 1. The molecule has 11 heteroatoms. The first-order valence-corrected chi connectivity index (χ1v) is 13.7. The number of carbonyl (C=O) groups excluding carboxylic acids is 2. The van der Waals surface area contributed by atoms with E-state index < -0.39 is 33.4 Å². The van der Waals surface area contributed by atoms with Crippen molar-refractivity contribution in [2.24, 2.45) is 0 Å². The van der Waals surface area contributed by atoms with E-state index in [1.807, 2.05) is 31.2 Å². The molecule has 1 aliphatic rings. The lowest BCUT2D eigenvalue weighted by Crippen LogP contribution is -2.52. The molecule has 0 aromatic heterocycles. The van der Waals surface area contributed by atoms with E-state index in [1.54, 1.807) is 6.92 Å². The highest BCUT2D eigenvalue weighted by atomic mass is 32.2. The second-order valence-corrected chi connectivity index (χ2v) is 11.1. The number of nitro benzene ring substituents is 1. The standard InChI is InChI=1S/C25H32N4O6S/c1-18-8-6-9-20(14-18)16-27(19(2)25(31)26-21-10-4-5-11-21)24(30)17-28(36(3,34)35)22-12-7-13-23(15-22)29(32)33/h6-9,12-15,19,21H,4-5,10-11,16-17H2,1-3H3,(H,26,31)/t19-/m1/s1. The zero-order valence-electron chi connectivity index (χ0n) is 20.7. The normalized spacial score (nSPS) is 14.8. The van der Waals surface area contributed by atoms with Crippen LogP contribution in [0.4, 0.5) is 11.4 Å². The van der Waals surface area contributed by atoms with Gasteiger partial charge in [0, 0.05) is 24.7 Å². The van der Waals surface area contributed by atoms with Gasteiger partial charge in [0.15, 0.2) is 0 Å². The van der Waals surface area contributed by atoms with Gasteiger partial charge < -0.3 is 10.2 Å². The number of non-ortho nitro benzene ring substituents is 1. The first kappa shape index (κ1) is 27.1. The Kier molecular flexibility index (Phi) is 8.67. The van der Waals surface area contributed by atoms with E-state index in [0.717, 1.165) is 53.4 Å². The fourth-order valence-corrected chi connectivity index (χ4v) is 5.20. The van der Waals surface area contributed by atoms with E-state index in [1.165, 1.54) is 23.1 Å². The maximum atomic E-state index is 13.6. The van der Waals surface area contributed by atoms with Gasteiger partial charge in [-0.25, -0.2) is 8.42 Å². The zero-order chi connectivity index (χ0) is 26.5. The SMILES string of the molecule is Cc1cccc(CN(C(=O)CN(c2cccc([N+](=O)[O-])c2)S(C)(=O)=O)[C@H](C)C(=O)NC2CCCC2)c1. The van der Waals surface area contributed by atoms with Crippen molar-refractivity contribution in [1.29, 1.82) is 0 Å². The number of sulfonamides is 1. The molecule has 0 radical (unpaired) electrons. The van der Waals surface area contributed by atoms with Crippen molar-refractivity contribution < 1.29 is 22.9 Å². The Labute approximate surface area is 211 Å². The summed E-state index contributed by atoms with van der Waals surface area (Å²) >= 11 is 0. The van der Waals surface area contributed by atoms with Crippen LogP contribution in [0.5, 0.6) is 0 Å². The van der Waals surface area contributed by atoms with Crippen molar-refractivity contribution in [1.82, 2.24) is 10.2 Å². The van der Waals surface area contributed by atoms with E-state index >= 15 is 0 Å². The summed E-state index contributed by atoms with van der Waals surface area (Å²) in [6.45, 7) is 3.04. The van der Waals surface area contributed by atoms with Gasteiger partial charge in [-0.1, -0.05) is 48.7 Å². The molecular formula is C25H32N4O6S. The number of hydrogen-bond acceptors (Lipinski definition) is 6. The molecule has 0 bridgehead atoms. The van der Waals surface area contributed by atoms with Crippen LogP contribution in [0.3, 0.4) is 0 Å². The minimum Gasteiger partial charge on any atom is -0.352 e. The van der Waals surface area contributed by atoms with Crippen LogP contribution in [0, 0.1) is 17.0 Å². The average Bonchev–Trinajstić information content (AvgIpc) is 3.32. The monoisotopic (exact) mass is 516 g/mol. The van der Waals surface area contributed by atoms with Crippen molar-refractivity contribution in [2.75, 3.05) is 17.1 Å². The van der Waals surface area contributed by atoms with E-state index in [4.69, 9.17) is 0 Å². The summed E-state index contributed by atoms with van der Waals surface area (Å²) < 4.78 is 26.1. The Morgan fingerprint density at radius 3 is 2.42 bits per heavy atom. The summed E-state index contributed by atoms with van der Waals surface area (Å²) in [4.78, 5) is 38.6. The van der Waals surface area contributed by atoms with Crippen molar-refractivity contribution in [3.05, 3.63) is 69.8 Å². The van der Waals surface area contributed by atoms with Gasteiger partial charge in [-0.05, 0) is 38.3 Å². The van der Waals surface area contributed by atoms with Crippen LogP contribution in [0.1, 0.15) is 43.7 Å². The van der Waals surface area contributed by atoms with Gasteiger partial charge in [-0.15, -0.1) is 0 Å². The lowest BCUT2D eigenvalue weighted by Gasteiger charge is -2.32. The highest BCUT2D eigenvalue weighted by molar-refractivity contribution is 7.92. The van der Waals surface area contributed by atoms with Gasteiger partial charge in [0.05, 0.1) is 16.9 Å². The summed E-state index contributed by atoms with van der Waals surface area (Å²) in [6, 6.07) is 11.8. The molecule has 0 unspecified atom stereocenters. The van der Waals surface area contributed by atoms with Gasteiger partial charge in [0.25, 0.3) is 5.69 Å². The van der Waals surface area contributed by atoms with E-state index in [9.17, 15) is 28.1 Å². The average molecular weight is 517 g/mol. The Morgan fingerprint density at radius 1 is 1.14 bits per heavy atom. The quantitative estimate of drug-likeness (QED) is 0.381. The molecule has 1 atom stereocenters. The Bertz CT molecular complexity index is 1230. The maximum Gasteiger partial charge on any atom is 0.271 e. The summed E-state index contributed by atoms with van der Waals surface area (Å²) in [7, 11) is -3.97. The van der Waals surface area contributed by atoms with Crippen molar-refractivity contribution in [3.8, 4) is 0 Å². The van der Waals surface area contributed by atoms with Gasteiger partial charge in [-0.3, -0.25) is 24.0 Å². The molecule has 2 aromatic rings. The predicted octanol–water partition coefficient (Wildman–Crippen LogP) is 3.15. The fraction of sp³-hybridized carbons (Fsp3) is 0.440. The van der Waals surface area contributed by atoms with Gasteiger partial charge >= 0.3 is 0 Å². The van der Waals surface area contributed by atoms with Gasteiger partial charge in [0.2, 0.25) is 21.8 Å². The molecule has 2 aromatic carbocycles. The van der Waals surface area contributed by atoms with Crippen molar-refractivity contribution in [2.45, 2.75) is 58.2 Å². The third-order valence-electron chi connectivity index (χ3n) is 6.31. The molecule has 0 heterocycles. The Morgan fingerprint density at radius 2 is 1.81 bits per heavy atom. The largest absolute Gasteiger partial charge is 0.352 e. The molecular weight excluding hydrogens is 484 g/mol. The summed E-state index contributed by atoms with van der Waals surface area (Å²) in [5.74, 6) is -0.897. The highest BCUT2D eigenvalue weighted by Gasteiger charge is 2.31. The van der Waals surface area contributed by atoms with Crippen LogP contribution in [0.15, 0.2) is 48.5 Å². The minimum absolute atomic E-state index is 0.00128. The number of nitro groups is 1. The third-order valence-corrected chi connectivity index (χ3v) is 7.45. The smallest absolute Gasteiger partial charge is 0.271 e. The molecule has 1 N–H and O–H groups in total. The number of aryl methyl sites for hydroxylation is 1. The summed E-state index contributed by atoms with van der Waals surface area (Å²) in [6.07, 6.45) is 4.79. The molecule has 36 heavy (non-hydrogen) atoms. The highest BCUT2D eigenvalue weighted by Crippen LogP contribution is 2.24. The molecule has 2 amide bonds. The van der Waals surface area contributed by atoms with Gasteiger partial charge in [0.1, 0.15) is 12.6 Å². The maximum absolute atomic E-state index is 13.6. The molecule has 0 spiro atoms. The van der Waals surface area contributed by atoms with E-state index in [-0.39, 0.29) is 29.9 Å². The summed E-state index contributed by atoms with van der Waals surface area (Å²) in [5, 5.41) is 14.2. The molecule has 3 rings (SSSR count). The second-order valence-electron chi connectivity index (χ2n) is 9.22. The first-order valence-electron chi connectivity index (χ1n) is 11.8. The number of rotatable bonds is 10. The lowest BCUT2D eigenvalue weighted by molar-refractivity contribution is -0.384. The first-order chi connectivity index (χ1) is 17.0. The van der Waals surface area contributed by atoms with Crippen LogP contribution in [-0.4, -0.2) is 54.9 Å². The number of nitrogens with zero attached hydrogens (tertiary/aromatic N) is 3. The zero-order valence-corrected chi connectivity index (χ0v) is 21.5. The van der Waals surface area contributed by atoms with Crippen molar-refractivity contribution in [3.63, 3.8) is 0 Å². The summed E-state index contributed by atoms with van der Waals surface area (Å²) in [5.41, 5.74) is 1.48. The number of benzene rings is 2.